The summed E-state index contributed by atoms with van der Waals surface area (Å²) >= 11 is 0. The molecule has 36 heavy (non-hydrogen) atoms. The van der Waals surface area contributed by atoms with Gasteiger partial charge in [-0.05, 0) is 51.0 Å². The molecule has 4 rings (SSSR count). The van der Waals surface area contributed by atoms with Crippen LogP contribution in [0.25, 0.3) is 0 Å². The van der Waals surface area contributed by atoms with Crippen LogP contribution in [0, 0.1) is 27.7 Å². The number of benzene rings is 4. The summed E-state index contributed by atoms with van der Waals surface area (Å²) in [5, 5.41) is 0. The fraction of sp³-hybridized carbons (Fsp3) is 0.200. The number of sulfonamides is 1. The minimum Gasteiger partial charge on any atom is -0.322 e. The maximum absolute atomic E-state index is 12.9. The van der Waals surface area contributed by atoms with E-state index in [0.717, 1.165) is 16.7 Å². The quantitative estimate of drug-likeness (QED) is 0.259. The molecule has 0 aliphatic heterocycles. The molecular formula is C30H34N2O2RuS+2. The smallest absolute Gasteiger partial charge is 0.322 e. The van der Waals surface area contributed by atoms with E-state index in [1.807, 2.05) is 67.6 Å². The van der Waals surface area contributed by atoms with Crippen molar-refractivity contribution in [3.8, 4) is 0 Å². The van der Waals surface area contributed by atoms with Gasteiger partial charge in [0.1, 0.15) is 0 Å². The number of hydrogen-bond acceptors (Lipinski definition) is 3. The monoisotopic (exact) mass is 588 g/mol. The summed E-state index contributed by atoms with van der Waals surface area (Å²) < 4.78 is 28.6. The molecule has 0 saturated heterocycles. The van der Waals surface area contributed by atoms with E-state index in [-0.39, 0.29) is 24.4 Å². The van der Waals surface area contributed by atoms with Gasteiger partial charge in [0.2, 0.25) is 10.0 Å². The molecule has 0 aliphatic rings. The normalized spacial score (nSPS) is 12.5. The predicted octanol–water partition coefficient (Wildman–Crippen LogP) is 6.32. The summed E-state index contributed by atoms with van der Waals surface area (Å²) in [6.07, 6.45) is 0. The molecule has 4 aromatic carbocycles. The zero-order valence-corrected chi connectivity index (χ0v) is 23.7. The van der Waals surface area contributed by atoms with Crippen molar-refractivity contribution in [2.45, 2.75) is 44.7 Å². The van der Waals surface area contributed by atoms with E-state index < -0.39 is 22.1 Å². The average molecular weight is 588 g/mol. The van der Waals surface area contributed by atoms with Crippen LogP contribution in [0.4, 0.5) is 0 Å². The third-order valence-corrected chi connectivity index (χ3v) is 7.14. The largest absolute Gasteiger partial charge is 2.00 e. The molecule has 0 heterocycles. The molecular weight excluding hydrogens is 553 g/mol. The van der Waals surface area contributed by atoms with Crippen LogP contribution in [0.5, 0.6) is 0 Å². The average Bonchev–Trinajstić information content (AvgIpc) is 2.83. The molecule has 0 saturated carbocycles. The van der Waals surface area contributed by atoms with E-state index in [0.29, 0.717) is 0 Å². The minimum atomic E-state index is -3.71. The summed E-state index contributed by atoms with van der Waals surface area (Å²) in [7, 11) is -3.71. The van der Waals surface area contributed by atoms with Gasteiger partial charge >= 0.3 is 19.5 Å². The number of rotatable bonds is 6. The van der Waals surface area contributed by atoms with Gasteiger partial charge in [0.25, 0.3) is 0 Å². The molecule has 188 valence electrons. The Morgan fingerprint density at radius 2 is 1.03 bits per heavy atom. The van der Waals surface area contributed by atoms with E-state index in [1.54, 1.807) is 24.3 Å². The first-order valence-corrected chi connectivity index (χ1v) is 13.1. The fourth-order valence-corrected chi connectivity index (χ4v) is 5.28. The Morgan fingerprint density at radius 3 is 1.47 bits per heavy atom. The Balaban J connectivity index is 0.000000386. The molecule has 0 radical (unpaired) electrons. The van der Waals surface area contributed by atoms with Gasteiger partial charge in [-0.1, -0.05) is 113 Å². The maximum Gasteiger partial charge on any atom is 2.00 e. The van der Waals surface area contributed by atoms with Crippen LogP contribution < -0.4 is 10.5 Å². The van der Waals surface area contributed by atoms with Crippen molar-refractivity contribution in [1.82, 2.24) is 4.72 Å². The van der Waals surface area contributed by atoms with Crippen LogP contribution in [-0.4, -0.2) is 8.42 Å². The fourth-order valence-electron chi connectivity index (χ4n) is 4.03. The van der Waals surface area contributed by atoms with E-state index in [4.69, 9.17) is 5.73 Å². The van der Waals surface area contributed by atoms with Gasteiger partial charge in [-0.2, -0.15) is 0 Å². The van der Waals surface area contributed by atoms with Crippen LogP contribution in [-0.2, 0) is 29.5 Å². The number of hydrogen-bond donors (Lipinski definition) is 2. The van der Waals surface area contributed by atoms with Crippen molar-refractivity contribution < 1.29 is 27.9 Å². The van der Waals surface area contributed by atoms with E-state index in [1.165, 1.54) is 16.7 Å². The second kappa shape index (κ2) is 13.6. The number of aryl methyl sites for hydroxylation is 4. The van der Waals surface area contributed by atoms with Crippen LogP contribution >= 0.6 is 0 Å². The standard InChI is InChI=1S/C21H22N2O2S.C9H12.Ru/c1-16-12-14-19(15-13-16)26(24,25)23-21(18-10-6-3-7-11-18)20(22)17-8-4-2-5-9-17;1-7-4-8(2)6-9(3)5-7;/h2-15,20-21,23H,22H2,1H3;4-6H,1-3H3;/q;;+2/t20-,21-;;/m0../s1. The summed E-state index contributed by atoms with van der Waals surface area (Å²) in [6, 6.07) is 31.1. The maximum atomic E-state index is 12.9. The molecule has 4 aromatic rings. The Kier molecular flexibility index (Phi) is 11.2. The molecule has 4 nitrogen and oxygen atoms in total. The van der Waals surface area contributed by atoms with E-state index in [2.05, 4.69) is 43.7 Å². The first-order valence-electron chi connectivity index (χ1n) is 11.6. The summed E-state index contributed by atoms with van der Waals surface area (Å²) in [6.45, 7) is 8.29. The van der Waals surface area contributed by atoms with Gasteiger partial charge in [0, 0.05) is 0 Å². The van der Waals surface area contributed by atoms with Gasteiger partial charge in [-0.3, -0.25) is 0 Å². The van der Waals surface area contributed by atoms with Crippen molar-refractivity contribution in [1.29, 1.82) is 0 Å². The second-order valence-electron chi connectivity index (χ2n) is 8.92. The van der Waals surface area contributed by atoms with Crippen LogP contribution in [0.1, 0.15) is 45.5 Å². The van der Waals surface area contributed by atoms with Gasteiger partial charge in [0.15, 0.2) is 0 Å². The summed E-state index contributed by atoms with van der Waals surface area (Å²) in [5.74, 6) is 0. The SMILES string of the molecule is Cc1cc(C)cc(C)c1.Cc1ccc(S(=O)(=O)N[C@@H](c2ccccc2)[C@@H](N)c2ccccc2)cc1.[Ru+2]. The van der Waals surface area contributed by atoms with Crippen LogP contribution in [0.2, 0.25) is 0 Å². The second-order valence-corrected chi connectivity index (χ2v) is 10.6. The first kappa shape index (κ1) is 29.6. The van der Waals surface area contributed by atoms with Gasteiger partial charge in [0.05, 0.1) is 17.0 Å². The molecule has 0 bridgehead atoms. The Labute approximate surface area is 228 Å². The van der Waals surface area contributed by atoms with Crippen LogP contribution in [0.15, 0.2) is 108 Å². The summed E-state index contributed by atoms with van der Waals surface area (Å²) in [4.78, 5) is 0.226. The number of nitrogens with two attached hydrogens (primary N) is 1. The Bertz CT molecular complexity index is 1280. The molecule has 0 spiro atoms. The number of nitrogens with one attached hydrogen (secondary N) is 1. The Morgan fingerprint density at radius 1 is 0.611 bits per heavy atom. The molecule has 0 amide bonds. The topological polar surface area (TPSA) is 72.2 Å². The third-order valence-electron chi connectivity index (χ3n) is 5.68. The summed E-state index contributed by atoms with van der Waals surface area (Å²) in [5.41, 5.74) is 13.2. The van der Waals surface area contributed by atoms with Gasteiger partial charge in [-0.25, -0.2) is 13.1 Å². The predicted molar refractivity (Wildman–Crippen MR) is 145 cm³/mol. The molecule has 0 unspecified atom stereocenters. The molecule has 2 atom stereocenters. The molecule has 3 N–H and O–H groups in total. The van der Waals surface area contributed by atoms with Crippen molar-refractivity contribution in [2.75, 3.05) is 0 Å². The van der Waals surface area contributed by atoms with Crippen molar-refractivity contribution in [3.05, 3.63) is 137 Å². The molecule has 0 aliphatic carbocycles. The first-order chi connectivity index (χ1) is 16.7. The third kappa shape index (κ3) is 8.49. The Hall–Kier alpha value is -2.63. The van der Waals surface area contributed by atoms with Gasteiger partial charge < -0.3 is 5.73 Å². The molecule has 0 aromatic heterocycles. The molecule has 0 fully saturated rings. The van der Waals surface area contributed by atoms with E-state index >= 15 is 0 Å². The van der Waals surface area contributed by atoms with Gasteiger partial charge in [-0.15, -0.1) is 0 Å². The zero-order valence-electron chi connectivity index (χ0n) is 21.1. The van der Waals surface area contributed by atoms with Crippen LogP contribution in [0.3, 0.4) is 0 Å². The van der Waals surface area contributed by atoms with Crippen molar-refractivity contribution >= 4 is 10.0 Å². The minimum absolute atomic E-state index is 0. The molecule has 6 heteroatoms. The van der Waals surface area contributed by atoms with Crippen molar-refractivity contribution in [3.63, 3.8) is 0 Å². The van der Waals surface area contributed by atoms with E-state index in [9.17, 15) is 8.42 Å². The zero-order chi connectivity index (χ0) is 25.4. The van der Waals surface area contributed by atoms with Crippen molar-refractivity contribution in [2.24, 2.45) is 5.73 Å².